The highest BCUT2D eigenvalue weighted by molar-refractivity contribution is 5.89. The summed E-state index contributed by atoms with van der Waals surface area (Å²) in [5, 5.41) is 3.65. The zero-order chi connectivity index (χ0) is 11.1. The fourth-order valence-electron chi connectivity index (χ4n) is 0.886. The SMILES string of the molecule is CCON=Cc1ccc(C(=O)OC)cn1. The van der Waals surface area contributed by atoms with Gasteiger partial charge in [0.15, 0.2) is 0 Å². The molecule has 15 heavy (non-hydrogen) atoms. The van der Waals surface area contributed by atoms with E-state index in [0.29, 0.717) is 17.9 Å². The Labute approximate surface area is 87.7 Å². The van der Waals surface area contributed by atoms with Gasteiger partial charge in [-0.25, -0.2) is 4.79 Å². The number of carbonyl (C=O) groups excluding carboxylic acids is 1. The van der Waals surface area contributed by atoms with Gasteiger partial charge >= 0.3 is 5.97 Å². The van der Waals surface area contributed by atoms with Crippen LogP contribution in [0.5, 0.6) is 0 Å². The second kappa shape index (κ2) is 5.74. The van der Waals surface area contributed by atoms with Crippen LogP contribution in [0.15, 0.2) is 23.5 Å². The Hall–Kier alpha value is -1.91. The van der Waals surface area contributed by atoms with Gasteiger partial charge in [-0.15, -0.1) is 0 Å². The lowest BCUT2D eigenvalue weighted by molar-refractivity contribution is 0.0600. The highest BCUT2D eigenvalue weighted by Gasteiger charge is 2.04. The Balaban J connectivity index is 2.68. The summed E-state index contributed by atoms with van der Waals surface area (Å²) >= 11 is 0. The van der Waals surface area contributed by atoms with E-state index >= 15 is 0 Å². The molecular weight excluding hydrogens is 196 g/mol. The van der Waals surface area contributed by atoms with Gasteiger partial charge in [0, 0.05) is 6.20 Å². The number of carbonyl (C=O) groups is 1. The van der Waals surface area contributed by atoms with Gasteiger partial charge in [0.2, 0.25) is 0 Å². The Morgan fingerprint density at radius 2 is 2.40 bits per heavy atom. The van der Waals surface area contributed by atoms with Crippen molar-refractivity contribution in [2.75, 3.05) is 13.7 Å². The van der Waals surface area contributed by atoms with Gasteiger partial charge in [0.25, 0.3) is 0 Å². The van der Waals surface area contributed by atoms with Gasteiger partial charge < -0.3 is 9.57 Å². The fourth-order valence-corrected chi connectivity index (χ4v) is 0.886. The second-order valence-corrected chi connectivity index (χ2v) is 2.62. The molecule has 1 heterocycles. The molecule has 0 unspecified atom stereocenters. The van der Waals surface area contributed by atoms with Crippen molar-refractivity contribution in [1.29, 1.82) is 0 Å². The maximum Gasteiger partial charge on any atom is 0.339 e. The molecule has 0 saturated carbocycles. The van der Waals surface area contributed by atoms with Gasteiger partial charge in [-0.05, 0) is 19.1 Å². The van der Waals surface area contributed by atoms with Crippen molar-refractivity contribution < 1.29 is 14.4 Å². The van der Waals surface area contributed by atoms with E-state index in [1.807, 2.05) is 6.92 Å². The van der Waals surface area contributed by atoms with Crippen molar-refractivity contribution in [1.82, 2.24) is 4.98 Å². The number of oxime groups is 1. The molecule has 1 aromatic rings. The third-order valence-corrected chi connectivity index (χ3v) is 1.60. The Kier molecular flexibility index (Phi) is 4.28. The lowest BCUT2D eigenvalue weighted by Crippen LogP contribution is -2.02. The number of hydrogen-bond donors (Lipinski definition) is 0. The average molecular weight is 208 g/mol. The lowest BCUT2D eigenvalue weighted by atomic mass is 10.2. The topological polar surface area (TPSA) is 60.8 Å². The number of hydrogen-bond acceptors (Lipinski definition) is 5. The van der Waals surface area contributed by atoms with Crippen molar-refractivity contribution in [2.24, 2.45) is 5.16 Å². The van der Waals surface area contributed by atoms with Crippen molar-refractivity contribution in [3.05, 3.63) is 29.6 Å². The molecule has 0 aliphatic rings. The number of ether oxygens (including phenoxy) is 1. The minimum Gasteiger partial charge on any atom is -0.465 e. The van der Waals surface area contributed by atoms with E-state index < -0.39 is 5.97 Å². The molecule has 0 amide bonds. The third kappa shape index (κ3) is 3.38. The van der Waals surface area contributed by atoms with E-state index in [4.69, 9.17) is 4.84 Å². The molecule has 0 saturated heterocycles. The summed E-state index contributed by atoms with van der Waals surface area (Å²) in [6, 6.07) is 3.28. The van der Waals surface area contributed by atoms with E-state index in [9.17, 15) is 4.79 Å². The van der Waals surface area contributed by atoms with Crippen LogP contribution in [0.1, 0.15) is 23.0 Å². The average Bonchev–Trinajstić information content (AvgIpc) is 2.29. The van der Waals surface area contributed by atoms with Crippen LogP contribution in [0.4, 0.5) is 0 Å². The van der Waals surface area contributed by atoms with Crippen LogP contribution >= 0.6 is 0 Å². The van der Waals surface area contributed by atoms with E-state index in [-0.39, 0.29) is 0 Å². The van der Waals surface area contributed by atoms with Gasteiger partial charge in [-0.1, -0.05) is 5.16 Å². The summed E-state index contributed by atoms with van der Waals surface area (Å²) in [7, 11) is 1.33. The van der Waals surface area contributed by atoms with Crippen LogP contribution < -0.4 is 0 Å². The van der Waals surface area contributed by atoms with Gasteiger partial charge in [0.1, 0.15) is 6.61 Å². The van der Waals surface area contributed by atoms with Gasteiger partial charge in [0.05, 0.1) is 24.6 Å². The van der Waals surface area contributed by atoms with E-state index in [1.165, 1.54) is 19.5 Å². The summed E-state index contributed by atoms with van der Waals surface area (Å²) in [6.07, 6.45) is 2.91. The lowest BCUT2D eigenvalue weighted by Gasteiger charge is -1.98. The van der Waals surface area contributed by atoms with Crippen LogP contribution in [0.2, 0.25) is 0 Å². The van der Waals surface area contributed by atoms with Crippen molar-refractivity contribution in [3.63, 3.8) is 0 Å². The molecule has 80 valence electrons. The molecule has 1 aromatic heterocycles. The van der Waals surface area contributed by atoms with E-state index in [0.717, 1.165) is 0 Å². The molecule has 0 spiro atoms. The second-order valence-electron chi connectivity index (χ2n) is 2.62. The minimum absolute atomic E-state index is 0.407. The molecule has 0 radical (unpaired) electrons. The maximum atomic E-state index is 11.1. The molecule has 0 atom stereocenters. The molecule has 1 rings (SSSR count). The van der Waals surface area contributed by atoms with Crippen molar-refractivity contribution in [2.45, 2.75) is 6.92 Å². The molecule has 0 aromatic carbocycles. The predicted molar refractivity (Wildman–Crippen MR) is 54.8 cm³/mol. The first-order valence-electron chi connectivity index (χ1n) is 4.47. The Morgan fingerprint density at radius 1 is 1.60 bits per heavy atom. The third-order valence-electron chi connectivity index (χ3n) is 1.60. The van der Waals surface area contributed by atoms with Crippen molar-refractivity contribution >= 4 is 12.2 Å². The molecule has 0 N–H and O–H groups in total. The quantitative estimate of drug-likeness (QED) is 0.424. The van der Waals surface area contributed by atoms with E-state index in [1.54, 1.807) is 12.1 Å². The fraction of sp³-hybridized carbons (Fsp3) is 0.300. The number of aromatic nitrogens is 1. The zero-order valence-corrected chi connectivity index (χ0v) is 8.64. The van der Waals surface area contributed by atoms with Crippen molar-refractivity contribution in [3.8, 4) is 0 Å². The Bertz CT molecular complexity index is 346. The number of esters is 1. The molecule has 5 nitrogen and oxygen atoms in total. The standard InChI is InChI=1S/C10H12N2O3/c1-3-15-12-7-9-5-4-8(6-11-9)10(13)14-2/h4-7H,3H2,1-2H3. The first kappa shape index (κ1) is 11.2. The van der Waals surface area contributed by atoms with Crippen LogP contribution in [-0.2, 0) is 9.57 Å². The van der Waals surface area contributed by atoms with Crippen LogP contribution in [0.3, 0.4) is 0 Å². The van der Waals surface area contributed by atoms with Gasteiger partial charge in [-0.3, -0.25) is 4.98 Å². The van der Waals surface area contributed by atoms with E-state index in [2.05, 4.69) is 14.9 Å². The number of methoxy groups -OCH3 is 1. The minimum atomic E-state index is -0.407. The van der Waals surface area contributed by atoms with Gasteiger partial charge in [-0.2, -0.15) is 0 Å². The largest absolute Gasteiger partial charge is 0.465 e. The summed E-state index contributed by atoms with van der Waals surface area (Å²) in [5.41, 5.74) is 1.03. The van der Waals surface area contributed by atoms with Crippen LogP contribution in [0.25, 0.3) is 0 Å². The summed E-state index contributed by atoms with van der Waals surface area (Å²) < 4.78 is 4.54. The molecule has 0 fully saturated rings. The first-order chi connectivity index (χ1) is 7.27. The number of pyridine rings is 1. The summed E-state index contributed by atoms with van der Waals surface area (Å²) in [4.78, 5) is 19.8. The summed E-state index contributed by atoms with van der Waals surface area (Å²) in [5.74, 6) is -0.407. The predicted octanol–water partition coefficient (Wildman–Crippen LogP) is 1.24. The molecular formula is C10H12N2O3. The van der Waals surface area contributed by atoms with Crippen LogP contribution in [-0.4, -0.2) is 30.9 Å². The molecule has 0 aliphatic carbocycles. The summed E-state index contributed by atoms with van der Waals surface area (Å²) in [6.45, 7) is 2.35. The normalized spacial score (nSPS) is 10.3. The Morgan fingerprint density at radius 3 is 2.93 bits per heavy atom. The number of rotatable bonds is 4. The molecule has 0 bridgehead atoms. The smallest absolute Gasteiger partial charge is 0.339 e. The zero-order valence-electron chi connectivity index (χ0n) is 8.64. The highest BCUT2D eigenvalue weighted by Crippen LogP contribution is 2.00. The van der Waals surface area contributed by atoms with Crippen LogP contribution in [0, 0.1) is 0 Å². The monoisotopic (exact) mass is 208 g/mol. The maximum absolute atomic E-state index is 11.1. The first-order valence-corrected chi connectivity index (χ1v) is 4.47. The number of nitrogens with zero attached hydrogens (tertiary/aromatic N) is 2. The molecule has 5 heteroatoms. The highest BCUT2D eigenvalue weighted by atomic mass is 16.6. The molecule has 0 aliphatic heterocycles.